The normalized spacial score (nSPS) is 15.3. The lowest BCUT2D eigenvalue weighted by Gasteiger charge is -2.16. The van der Waals surface area contributed by atoms with E-state index in [0.717, 1.165) is 25.7 Å². The number of aryl methyl sites for hydroxylation is 1. The van der Waals surface area contributed by atoms with Crippen LogP contribution in [0.1, 0.15) is 84.5 Å². The van der Waals surface area contributed by atoms with Crippen LogP contribution >= 0.6 is 0 Å². The smallest absolute Gasteiger partial charge is 0.355 e. The molecule has 1 fully saturated rings. The summed E-state index contributed by atoms with van der Waals surface area (Å²) in [7, 11) is 0. The van der Waals surface area contributed by atoms with Gasteiger partial charge in [0.05, 0.1) is 11.7 Å². The lowest BCUT2D eigenvalue weighted by atomic mass is 10.1. The summed E-state index contributed by atoms with van der Waals surface area (Å²) in [6.45, 7) is 6.54. The molecule has 7 nitrogen and oxygen atoms in total. The van der Waals surface area contributed by atoms with E-state index < -0.39 is 11.9 Å². The van der Waals surface area contributed by atoms with Crippen LogP contribution in [0.3, 0.4) is 0 Å². The second-order valence-electron chi connectivity index (χ2n) is 7.41. The van der Waals surface area contributed by atoms with Crippen molar-refractivity contribution in [1.82, 2.24) is 10.3 Å². The fourth-order valence-corrected chi connectivity index (χ4v) is 3.43. The maximum absolute atomic E-state index is 12.3. The number of H-pyrrole nitrogens is 1. The number of aromatic nitrogens is 1. The Balaban J connectivity index is 1.93. The molecule has 0 spiro atoms. The van der Waals surface area contributed by atoms with E-state index in [9.17, 15) is 14.4 Å². The van der Waals surface area contributed by atoms with Gasteiger partial charge in [0.25, 0.3) is 5.91 Å². The Morgan fingerprint density at radius 2 is 1.70 bits per heavy atom. The number of amides is 1. The largest absolute Gasteiger partial charge is 0.459 e. The first-order valence-electron chi connectivity index (χ1n) is 9.66. The van der Waals surface area contributed by atoms with E-state index in [1.54, 1.807) is 27.7 Å². The van der Waals surface area contributed by atoms with Gasteiger partial charge in [0, 0.05) is 11.7 Å². The molecule has 150 valence electrons. The van der Waals surface area contributed by atoms with Gasteiger partial charge in [-0.25, -0.2) is 9.59 Å². The first kappa shape index (κ1) is 21.0. The highest BCUT2D eigenvalue weighted by molar-refractivity contribution is 5.99. The molecule has 2 N–H and O–H groups in total. The molecule has 0 atom stereocenters. The average Bonchev–Trinajstić information content (AvgIpc) is 2.75. The molecule has 1 heterocycles. The van der Waals surface area contributed by atoms with Crippen LogP contribution in [0.2, 0.25) is 0 Å². The predicted octanol–water partition coefficient (Wildman–Crippen LogP) is 3.19. The van der Waals surface area contributed by atoms with Crippen molar-refractivity contribution >= 4 is 17.8 Å². The minimum Gasteiger partial charge on any atom is -0.459 e. The van der Waals surface area contributed by atoms with Crippen molar-refractivity contribution in [1.29, 1.82) is 0 Å². The highest BCUT2D eigenvalue weighted by Gasteiger charge is 2.25. The molecular formula is C20H30N2O5. The molecule has 1 amide bonds. The van der Waals surface area contributed by atoms with Crippen molar-refractivity contribution in [2.24, 2.45) is 0 Å². The summed E-state index contributed by atoms with van der Waals surface area (Å²) < 4.78 is 10.3. The maximum atomic E-state index is 12.3. The molecule has 0 unspecified atom stereocenters. The van der Waals surface area contributed by atoms with E-state index in [1.165, 1.54) is 12.8 Å². The summed E-state index contributed by atoms with van der Waals surface area (Å²) in [5.41, 5.74) is 1.50. The van der Waals surface area contributed by atoms with Crippen LogP contribution in [0.4, 0.5) is 0 Å². The molecule has 1 aliphatic rings. The number of ether oxygens (including phenoxy) is 2. The van der Waals surface area contributed by atoms with E-state index in [0.29, 0.717) is 16.8 Å². The van der Waals surface area contributed by atoms with Crippen molar-refractivity contribution < 1.29 is 23.9 Å². The third kappa shape index (κ3) is 5.84. The summed E-state index contributed by atoms with van der Waals surface area (Å²) in [5, 5.41) is 2.94. The van der Waals surface area contributed by atoms with Crippen LogP contribution in [-0.2, 0) is 14.3 Å². The lowest BCUT2D eigenvalue weighted by Crippen LogP contribution is -2.37. The summed E-state index contributed by atoms with van der Waals surface area (Å²) in [6.07, 6.45) is 6.31. The number of rotatable bonds is 6. The molecule has 27 heavy (non-hydrogen) atoms. The van der Waals surface area contributed by atoms with Gasteiger partial charge in [0.1, 0.15) is 5.69 Å². The van der Waals surface area contributed by atoms with Gasteiger partial charge >= 0.3 is 11.9 Å². The molecule has 7 heteroatoms. The van der Waals surface area contributed by atoms with Gasteiger partial charge in [-0.15, -0.1) is 0 Å². The van der Waals surface area contributed by atoms with Crippen molar-refractivity contribution in [3.63, 3.8) is 0 Å². The molecular weight excluding hydrogens is 348 g/mol. The summed E-state index contributed by atoms with van der Waals surface area (Å²) >= 11 is 0. The molecule has 0 aromatic carbocycles. The Labute approximate surface area is 160 Å². The Kier molecular flexibility index (Phi) is 7.45. The number of nitrogens with one attached hydrogen (secondary N) is 2. The molecule has 2 rings (SSSR count). The first-order valence-corrected chi connectivity index (χ1v) is 9.66. The molecule has 1 saturated carbocycles. The first-order chi connectivity index (χ1) is 12.8. The third-order valence-electron chi connectivity index (χ3n) is 4.74. The molecule has 1 aliphatic carbocycles. The monoisotopic (exact) mass is 378 g/mol. The van der Waals surface area contributed by atoms with Gasteiger partial charge in [-0.3, -0.25) is 4.79 Å². The molecule has 0 aliphatic heterocycles. The zero-order valence-electron chi connectivity index (χ0n) is 16.6. The minimum atomic E-state index is -0.657. The number of hydrogen-bond acceptors (Lipinski definition) is 5. The van der Waals surface area contributed by atoms with Crippen LogP contribution in [0, 0.1) is 13.8 Å². The quantitative estimate of drug-likeness (QED) is 0.585. The molecule has 0 saturated heterocycles. The van der Waals surface area contributed by atoms with Crippen molar-refractivity contribution in [3.8, 4) is 0 Å². The predicted molar refractivity (Wildman–Crippen MR) is 101 cm³/mol. The highest BCUT2D eigenvalue weighted by Crippen LogP contribution is 2.20. The second-order valence-corrected chi connectivity index (χ2v) is 7.41. The second kappa shape index (κ2) is 9.58. The Hall–Kier alpha value is -2.31. The zero-order chi connectivity index (χ0) is 20.0. The molecule has 0 bridgehead atoms. The van der Waals surface area contributed by atoms with Crippen molar-refractivity contribution in [3.05, 3.63) is 22.5 Å². The Morgan fingerprint density at radius 3 is 2.30 bits per heavy atom. The fraction of sp³-hybridized carbons (Fsp3) is 0.650. The third-order valence-corrected chi connectivity index (χ3v) is 4.74. The number of carbonyl (C=O) groups is 3. The highest BCUT2D eigenvalue weighted by atomic mass is 16.5. The van der Waals surface area contributed by atoms with Gasteiger partial charge in [-0.1, -0.05) is 25.7 Å². The summed E-state index contributed by atoms with van der Waals surface area (Å²) in [6, 6.07) is 0.158. The SMILES string of the molecule is Cc1[nH]c(C(=O)OCC(=O)NC2CCCCCC2)c(C)c1C(=O)OC(C)C. The van der Waals surface area contributed by atoms with E-state index >= 15 is 0 Å². The van der Waals surface area contributed by atoms with E-state index in [4.69, 9.17) is 9.47 Å². The summed E-state index contributed by atoms with van der Waals surface area (Å²) in [5.74, 6) is -1.44. The van der Waals surface area contributed by atoms with Gasteiger partial charge in [0.15, 0.2) is 6.61 Å². The van der Waals surface area contributed by atoms with Crippen LogP contribution in [-0.4, -0.2) is 41.6 Å². The van der Waals surface area contributed by atoms with Crippen LogP contribution in [0.25, 0.3) is 0 Å². The van der Waals surface area contributed by atoms with Crippen LogP contribution in [0.15, 0.2) is 0 Å². The Bertz CT molecular complexity index is 685. The Morgan fingerprint density at radius 1 is 1.07 bits per heavy atom. The van der Waals surface area contributed by atoms with E-state index in [2.05, 4.69) is 10.3 Å². The van der Waals surface area contributed by atoms with Crippen LogP contribution < -0.4 is 5.32 Å². The van der Waals surface area contributed by atoms with Gasteiger partial charge in [-0.2, -0.15) is 0 Å². The molecule has 1 aromatic heterocycles. The lowest BCUT2D eigenvalue weighted by molar-refractivity contribution is -0.125. The maximum Gasteiger partial charge on any atom is 0.355 e. The standard InChI is InChI=1S/C20H30N2O5/c1-12(2)27-19(24)17-13(3)18(21-14(17)4)20(25)26-11-16(23)22-15-9-7-5-6-8-10-15/h12,15,21H,5-11H2,1-4H3,(H,22,23). The average molecular weight is 378 g/mol. The number of esters is 2. The number of hydrogen-bond donors (Lipinski definition) is 2. The fourth-order valence-electron chi connectivity index (χ4n) is 3.43. The van der Waals surface area contributed by atoms with Crippen molar-refractivity contribution in [2.45, 2.75) is 78.4 Å². The molecule has 0 radical (unpaired) electrons. The van der Waals surface area contributed by atoms with Crippen LogP contribution in [0.5, 0.6) is 0 Å². The minimum absolute atomic E-state index is 0.158. The van der Waals surface area contributed by atoms with Gasteiger partial charge in [-0.05, 0) is 46.1 Å². The van der Waals surface area contributed by atoms with E-state index in [-0.39, 0.29) is 30.4 Å². The molecule has 1 aromatic rings. The van der Waals surface area contributed by atoms with Gasteiger partial charge in [0.2, 0.25) is 0 Å². The van der Waals surface area contributed by atoms with Crippen molar-refractivity contribution in [2.75, 3.05) is 6.61 Å². The number of carbonyl (C=O) groups excluding carboxylic acids is 3. The zero-order valence-corrected chi connectivity index (χ0v) is 16.6. The van der Waals surface area contributed by atoms with Gasteiger partial charge < -0.3 is 19.8 Å². The summed E-state index contributed by atoms with van der Waals surface area (Å²) in [4.78, 5) is 39.5. The number of aromatic amines is 1. The topological polar surface area (TPSA) is 97.5 Å². The van der Waals surface area contributed by atoms with E-state index in [1.807, 2.05) is 0 Å².